The lowest BCUT2D eigenvalue weighted by Crippen LogP contribution is -2.47. The summed E-state index contributed by atoms with van der Waals surface area (Å²) < 4.78 is 10.9. The minimum absolute atomic E-state index is 0.394. The van der Waals surface area contributed by atoms with Gasteiger partial charge in [-0.15, -0.1) is 0 Å². The molecule has 2 aliphatic rings. The fraction of sp³-hybridized carbons (Fsp3) is 0.933. The first kappa shape index (κ1) is 15.6. The van der Waals surface area contributed by atoms with Crippen LogP contribution in [0.3, 0.4) is 0 Å². The Morgan fingerprint density at radius 2 is 2.20 bits per heavy atom. The molecule has 0 aromatic carbocycles. The van der Waals surface area contributed by atoms with Gasteiger partial charge in [-0.25, -0.2) is 0 Å². The molecule has 2 rings (SSSR count). The molecule has 3 unspecified atom stereocenters. The van der Waals surface area contributed by atoms with E-state index in [4.69, 9.17) is 9.47 Å². The van der Waals surface area contributed by atoms with Crippen molar-refractivity contribution < 1.29 is 9.47 Å². The van der Waals surface area contributed by atoms with Crippen LogP contribution in [0.2, 0.25) is 0 Å². The van der Waals surface area contributed by atoms with Crippen molar-refractivity contribution in [3.05, 3.63) is 0 Å². The van der Waals surface area contributed by atoms with Crippen LogP contribution in [0, 0.1) is 0 Å². The molecule has 0 aromatic heterocycles. The van der Waals surface area contributed by atoms with Gasteiger partial charge in [0.25, 0.3) is 0 Å². The molecule has 5 heteroatoms. The van der Waals surface area contributed by atoms with Gasteiger partial charge in [0.1, 0.15) is 0 Å². The van der Waals surface area contributed by atoms with Crippen molar-refractivity contribution in [2.45, 2.75) is 63.7 Å². The van der Waals surface area contributed by atoms with E-state index in [1.165, 1.54) is 19.3 Å². The van der Waals surface area contributed by atoms with Gasteiger partial charge in [0.05, 0.1) is 18.2 Å². The second-order valence-corrected chi connectivity index (χ2v) is 5.67. The molecule has 2 N–H and O–H groups in total. The van der Waals surface area contributed by atoms with Gasteiger partial charge in [-0.3, -0.25) is 4.99 Å². The van der Waals surface area contributed by atoms with Crippen LogP contribution in [-0.4, -0.2) is 51.0 Å². The maximum Gasteiger partial charge on any atom is 0.191 e. The molecule has 2 heterocycles. The Balaban J connectivity index is 1.69. The van der Waals surface area contributed by atoms with E-state index in [2.05, 4.69) is 22.5 Å². The number of hydrogen-bond donors (Lipinski definition) is 2. The monoisotopic (exact) mass is 283 g/mol. The largest absolute Gasteiger partial charge is 0.385 e. The summed E-state index contributed by atoms with van der Waals surface area (Å²) in [5.74, 6) is 0.945. The van der Waals surface area contributed by atoms with Crippen LogP contribution < -0.4 is 10.6 Å². The summed E-state index contributed by atoms with van der Waals surface area (Å²) in [6.45, 7) is 4.73. The molecule has 0 amide bonds. The van der Waals surface area contributed by atoms with Crippen molar-refractivity contribution in [1.82, 2.24) is 10.6 Å². The third kappa shape index (κ3) is 4.63. The number of rotatable bonds is 8. The molecule has 0 spiro atoms. The van der Waals surface area contributed by atoms with Crippen LogP contribution in [0.5, 0.6) is 0 Å². The van der Waals surface area contributed by atoms with Gasteiger partial charge in [0, 0.05) is 26.8 Å². The predicted molar refractivity (Wildman–Crippen MR) is 81.1 cm³/mol. The van der Waals surface area contributed by atoms with E-state index < -0.39 is 0 Å². The van der Waals surface area contributed by atoms with Crippen molar-refractivity contribution >= 4 is 5.96 Å². The maximum absolute atomic E-state index is 5.87. The van der Waals surface area contributed by atoms with E-state index in [-0.39, 0.29) is 0 Å². The fourth-order valence-electron chi connectivity index (χ4n) is 3.01. The Hall–Kier alpha value is -0.810. The topological polar surface area (TPSA) is 54.9 Å². The summed E-state index contributed by atoms with van der Waals surface area (Å²) in [6.07, 6.45) is 7.84. The van der Waals surface area contributed by atoms with Crippen LogP contribution in [0.15, 0.2) is 4.99 Å². The van der Waals surface area contributed by atoms with Crippen molar-refractivity contribution in [2.24, 2.45) is 4.99 Å². The molecule has 0 saturated carbocycles. The lowest BCUT2D eigenvalue weighted by molar-refractivity contribution is 0.0992. The van der Waals surface area contributed by atoms with Crippen LogP contribution in [0.25, 0.3) is 0 Å². The number of hydrogen-bond acceptors (Lipinski definition) is 3. The standard InChI is InChI=1S/C15H29N3O2/c1-3-16-15(17-9-5-4-6-10-19-2)18-13-11-12-7-8-14(13)20-12/h12-14H,3-11H2,1-2H3,(H2,16,17,18). The first-order valence-corrected chi connectivity index (χ1v) is 8.02. The van der Waals surface area contributed by atoms with Gasteiger partial charge in [0.2, 0.25) is 0 Å². The highest BCUT2D eigenvalue weighted by Gasteiger charge is 2.41. The number of ether oxygens (including phenoxy) is 2. The van der Waals surface area contributed by atoms with Crippen LogP contribution >= 0.6 is 0 Å². The van der Waals surface area contributed by atoms with E-state index in [0.717, 1.165) is 44.9 Å². The summed E-state index contributed by atoms with van der Waals surface area (Å²) in [5.41, 5.74) is 0. The molecule has 20 heavy (non-hydrogen) atoms. The summed E-state index contributed by atoms with van der Waals surface area (Å²) in [6, 6.07) is 0.444. The molecule has 2 bridgehead atoms. The second kappa shape index (κ2) is 8.47. The molecular formula is C15H29N3O2. The van der Waals surface area contributed by atoms with E-state index in [1.807, 2.05) is 0 Å². The van der Waals surface area contributed by atoms with E-state index in [9.17, 15) is 0 Å². The molecule has 0 radical (unpaired) electrons. The molecule has 2 fully saturated rings. The van der Waals surface area contributed by atoms with Gasteiger partial charge in [-0.2, -0.15) is 0 Å². The minimum Gasteiger partial charge on any atom is -0.385 e. The Labute approximate surface area is 122 Å². The number of nitrogens with zero attached hydrogens (tertiary/aromatic N) is 1. The molecule has 5 nitrogen and oxygen atoms in total. The number of nitrogens with one attached hydrogen (secondary N) is 2. The molecule has 2 saturated heterocycles. The smallest absolute Gasteiger partial charge is 0.191 e. The fourth-order valence-corrected chi connectivity index (χ4v) is 3.01. The van der Waals surface area contributed by atoms with Gasteiger partial charge < -0.3 is 20.1 Å². The second-order valence-electron chi connectivity index (χ2n) is 5.67. The number of aliphatic imine (C=N–C) groups is 1. The van der Waals surface area contributed by atoms with E-state index >= 15 is 0 Å². The van der Waals surface area contributed by atoms with Crippen molar-refractivity contribution in [3.8, 4) is 0 Å². The zero-order valence-electron chi connectivity index (χ0n) is 12.9. The van der Waals surface area contributed by atoms with Crippen LogP contribution in [0.1, 0.15) is 45.4 Å². The number of fused-ring (bicyclic) bond motifs is 2. The van der Waals surface area contributed by atoms with Gasteiger partial charge >= 0.3 is 0 Å². The summed E-state index contributed by atoms with van der Waals surface area (Å²) in [5, 5.41) is 6.87. The number of methoxy groups -OCH3 is 1. The zero-order valence-corrected chi connectivity index (χ0v) is 12.9. The summed E-state index contributed by atoms with van der Waals surface area (Å²) in [4.78, 5) is 4.66. The van der Waals surface area contributed by atoms with Crippen molar-refractivity contribution in [2.75, 3.05) is 26.8 Å². The van der Waals surface area contributed by atoms with Gasteiger partial charge in [-0.05, 0) is 45.4 Å². The first-order chi connectivity index (χ1) is 9.83. The summed E-state index contributed by atoms with van der Waals surface area (Å²) >= 11 is 0. The molecule has 116 valence electrons. The highest BCUT2D eigenvalue weighted by molar-refractivity contribution is 5.80. The molecule has 2 aliphatic heterocycles. The zero-order chi connectivity index (χ0) is 14.2. The van der Waals surface area contributed by atoms with E-state index in [0.29, 0.717) is 18.2 Å². The quantitative estimate of drug-likeness (QED) is 0.404. The average Bonchev–Trinajstić information content (AvgIpc) is 3.05. The SMILES string of the molecule is CCNC(=NCCCCCOC)NC1CC2CCC1O2. The number of unbranched alkanes of at least 4 members (excludes halogenated alkanes) is 2. The summed E-state index contributed by atoms with van der Waals surface area (Å²) in [7, 11) is 1.75. The molecule has 0 aliphatic carbocycles. The lowest BCUT2D eigenvalue weighted by atomic mass is 9.96. The predicted octanol–water partition coefficient (Wildman–Crippen LogP) is 1.68. The molecule has 0 aromatic rings. The van der Waals surface area contributed by atoms with E-state index in [1.54, 1.807) is 7.11 Å². The minimum atomic E-state index is 0.394. The Kier molecular flexibility index (Phi) is 6.60. The Morgan fingerprint density at radius 1 is 1.30 bits per heavy atom. The van der Waals surface area contributed by atoms with Crippen molar-refractivity contribution in [1.29, 1.82) is 0 Å². The Bertz CT molecular complexity index is 309. The van der Waals surface area contributed by atoms with Gasteiger partial charge in [-0.1, -0.05) is 0 Å². The highest BCUT2D eigenvalue weighted by Crippen LogP contribution is 2.34. The normalized spacial score (nSPS) is 28.9. The maximum atomic E-state index is 5.87. The van der Waals surface area contributed by atoms with Crippen LogP contribution in [0.4, 0.5) is 0 Å². The van der Waals surface area contributed by atoms with Crippen molar-refractivity contribution in [3.63, 3.8) is 0 Å². The number of guanidine groups is 1. The van der Waals surface area contributed by atoms with Gasteiger partial charge in [0.15, 0.2) is 5.96 Å². The highest BCUT2D eigenvalue weighted by atomic mass is 16.5. The third-order valence-corrected chi connectivity index (χ3v) is 4.05. The Morgan fingerprint density at radius 3 is 2.85 bits per heavy atom. The van der Waals surface area contributed by atoms with Crippen LogP contribution in [-0.2, 0) is 9.47 Å². The molecule has 3 atom stereocenters. The lowest BCUT2D eigenvalue weighted by Gasteiger charge is -2.22. The molecular weight excluding hydrogens is 254 g/mol. The first-order valence-electron chi connectivity index (χ1n) is 8.02. The third-order valence-electron chi connectivity index (χ3n) is 4.05. The average molecular weight is 283 g/mol.